The number of oxazole rings is 1. The molecule has 3 aromatic carbocycles. The molecule has 4 rings (SSSR count). The number of aromatic nitrogens is 1. The molecule has 0 bridgehead atoms. The first-order chi connectivity index (χ1) is 11.3. The van der Waals surface area contributed by atoms with Gasteiger partial charge in [-0.15, -0.1) is 0 Å². The predicted molar refractivity (Wildman–Crippen MR) is 91.4 cm³/mol. The first-order valence-electron chi connectivity index (χ1n) is 7.40. The quantitative estimate of drug-likeness (QED) is 0.523. The fourth-order valence-corrected chi connectivity index (χ4v) is 2.72. The summed E-state index contributed by atoms with van der Waals surface area (Å²) in [5.74, 6) is 1.66. The van der Waals surface area contributed by atoms with Crippen LogP contribution in [0.4, 0.5) is 0 Å². The van der Waals surface area contributed by atoms with Gasteiger partial charge in [-0.3, -0.25) is 0 Å². The molecule has 3 heteroatoms. The zero-order valence-corrected chi connectivity index (χ0v) is 12.7. The van der Waals surface area contributed by atoms with Gasteiger partial charge in [-0.05, 0) is 40.1 Å². The number of ether oxygens (including phenoxy) is 1. The average Bonchev–Trinajstić information content (AvgIpc) is 3.15. The summed E-state index contributed by atoms with van der Waals surface area (Å²) in [4.78, 5) is 3.95. The Balaban J connectivity index is 1.71. The smallest absolute Gasteiger partial charge is 0.181 e. The highest BCUT2D eigenvalue weighted by molar-refractivity contribution is 5.88. The number of fused-ring (bicyclic) bond motifs is 1. The topological polar surface area (TPSA) is 35.3 Å². The molecule has 0 atom stereocenters. The van der Waals surface area contributed by atoms with Crippen LogP contribution >= 0.6 is 0 Å². The summed E-state index contributed by atoms with van der Waals surface area (Å²) in [6.07, 6.45) is 3.17. The van der Waals surface area contributed by atoms with Crippen LogP contribution in [0.2, 0.25) is 0 Å². The second-order valence-electron chi connectivity index (χ2n) is 5.37. The molecule has 0 saturated carbocycles. The van der Waals surface area contributed by atoms with Crippen LogP contribution in [0.3, 0.4) is 0 Å². The van der Waals surface area contributed by atoms with Gasteiger partial charge in [0.1, 0.15) is 5.75 Å². The van der Waals surface area contributed by atoms with Gasteiger partial charge < -0.3 is 9.15 Å². The van der Waals surface area contributed by atoms with Crippen molar-refractivity contribution in [1.29, 1.82) is 0 Å². The second kappa shape index (κ2) is 5.61. The van der Waals surface area contributed by atoms with Crippen LogP contribution in [0.1, 0.15) is 0 Å². The fraction of sp³-hybridized carbons (Fsp3) is 0.0500. The maximum Gasteiger partial charge on any atom is 0.181 e. The molecule has 0 radical (unpaired) electrons. The molecule has 4 aromatic rings. The maximum atomic E-state index is 5.32. The monoisotopic (exact) mass is 301 g/mol. The number of methoxy groups -OCH3 is 1. The highest BCUT2D eigenvalue weighted by Crippen LogP contribution is 2.28. The van der Waals surface area contributed by atoms with E-state index in [0.717, 1.165) is 17.1 Å². The molecule has 0 N–H and O–H groups in total. The molecular weight excluding hydrogens is 286 g/mol. The molecule has 3 nitrogen and oxygen atoms in total. The van der Waals surface area contributed by atoms with E-state index in [-0.39, 0.29) is 0 Å². The summed E-state index contributed by atoms with van der Waals surface area (Å²) in [6, 6.07) is 20.9. The van der Waals surface area contributed by atoms with Crippen LogP contribution < -0.4 is 4.74 Å². The Bertz CT molecular complexity index is 941. The van der Waals surface area contributed by atoms with Crippen LogP contribution in [-0.2, 0) is 0 Å². The van der Waals surface area contributed by atoms with Gasteiger partial charge in [0.2, 0.25) is 0 Å². The van der Waals surface area contributed by atoms with E-state index in [9.17, 15) is 0 Å². The summed E-state index contributed by atoms with van der Waals surface area (Å²) in [7, 11) is 1.69. The lowest BCUT2D eigenvalue weighted by Crippen LogP contribution is -1.83. The van der Waals surface area contributed by atoms with Crippen LogP contribution in [-0.4, -0.2) is 12.1 Å². The summed E-state index contributed by atoms with van der Waals surface area (Å²) in [5, 5.41) is 2.37. The van der Waals surface area contributed by atoms with Crippen LogP contribution in [0.5, 0.6) is 5.75 Å². The largest absolute Gasteiger partial charge is 0.497 e. The third kappa shape index (κ3) is 2.57. The third-order valence-electron chi connectivity index (χ3n) is 3.98. The van der Waals surface area contributed by atoms with E-state index in [4.69, 9.17) is 9.15 Å². The van der Waals surface area contributed by atoms with E-state index < -0.39 is 0 Å². The van der Waals surface area contributed by atoms with E-state index in [0.29, 0.717) is 0 Å². The Labute approximate surface area is 134 Å². The molecule has 0 spiro atoms. The first kappa shape index (κ1) is 13.6. The van der Waals surface area contributed by atoms with Gasteiger partial charge in [-0.25, -0.2) is 4.98 Å². The Morgan fingerprint density at radius 1 is 0.783 bits per heavy atom. The number of hydrogen-bond donors (Lipinski definition) is 0. The zero-order valence-electron chi connectivity index (χ0n) is 12.7. The minimum absolute atomic E-state index is 0.780. The van der Waals surface area contributed by atoms with Crippen LogP contribution in [0, 0.1) is 0 Å². The van der Waals surface area contributed by atoms with Crippen molar-refractivity contribution in [3.8, 4) is 28.2 Å². The van der Waals surface area contributed by atoms with Crippen LogP contribution in [0.15, 0.2) is 77.7 Å². The normalized spacial score (nSPS) is 10.8. The van der Waals surface area contributed by atoms with E-state index in [1.165, 1.54) is 28.3 Å². The summed E-state index contributed by atoms with van der Waals surface area (Å²) >= 11 is 0. The van der Waals surface area contributed by atoms with E-state index in [1.807, 2.05) is 24.3 Å². The van der Waals surface area contributed by atoms with E-state index >= 15 is 0 Å². The van der Waals surface area contributed by atoms with Gasteiger partial charge >= 0.3 is 0 Å². The number of rotatable bonds is 3. The Kier molecular flexibility index (Phi) is 3.31. The lowest BCUT2D eigenvalue weighted by molar-refractivity contribution is 0.415. The van der Waals surface area contributed by atoms with Gasteiger partial charge in [0, 0.05) is 5.56 Å². The molecule has 0 aliphatic rings. The van der Waals surface area contributed by atoms with E-state index in [2.05, 4.69) is 41.4 Å². The van der Waals surface area contributed by atoms with Crippen molar-refractivity contribution < 1.29 is 9.15 Å². The molecule has 0 aliphatic carbocycles. The number of benzene rings is 3. The molecular formula is C20H15NO2. The number of hydrogen-bond acceptors (Lipinski definition) is 3. The molecule has 0 unspecified atom stereocenters. The molecule has 1 aromatic heterocycles. The van der Waals surface area contributed by atoms with Crippen molar-refractivity contribution in [3.05, 3.63) is 73.3 Å². The van der Waals surface area contributed by atoms with Crippen molar-refractivity contribution in [1.82, 2.24) is 4.98 Å². The van der Waals surface area contributed by atoms with Gasteiger partial charge in [0.15, 0.2) is 12.2 Å². The minimum atomic E-state index is 0.780. The molecule has 0 amide bonds. The second-order valence-corrected chi connectivity index (χ2v) is 5.37. The predicted octanol–water partition coefficient (Wildman–Crippen LogP) is 5.17. The molecule has 0 saturated heterocycles. The lowest BCUT2D eigenvalue weighted by atomic mass is 10.00. The SMILES string of the molecule is COc1ccc2cc(-c3ccc(-c4cnco4)cc3)ccc2c1. The van der Waals surface area contributed by atoms with Gasteiger partial charge in [0.25, 0.3) is 0 Å². The maximum absolute atomic E-state index is 5.32. The van der Waals surface area contributed by atoms with Crippen molar-refractivity contribution >= 4 is 10.8 Å². The highest BCUT2D eigenvalue weighted by atomic mass is 16.5. The van der Waals surface area contributed by atoms with E-state index in [1.54, 1.807) is 13.3 Å². The average molecular weight is 301 g/mol. The molecule has 1 heterocycles. The Hall–Kier alpha value is -3.07. The summed E-state index contributed by atoms with van der Waals surface area (Å²) in [6.45, 7) is 0. The van der Waals surface area contributed by atoms with Crippen molar-refractivity contribution in [2.45, 2.75) is 0 Å². The molecule has 23 heavy (non-hydrogen) atoms. The lowest BCUT2D eigenvalue weighted by Gasteiger charge is -2.07. The Morgan fingerprint density at radius 2 is 1.48 bits per heavy atom. The Morgan fingerprint density at radius 3 is 2.22 bits per heavy atom. The fourth-order valence-electron chi connectivity index (χ4n) is 2.72. The molecule has 0 fully saturated rings. The molecule has 112 valence electrons. The van der Waals surface area contributed by atoms with Gasteiger partial charge in [-0.1, -0.05) is 42.5 Å². The summed E-state index contributed by atoms with van der Waals surface area (Å²) < 4.78 is 10.6. The zero-order chi connectivity index (χ0) is 15.6. The number of nitrogens with zero attached hydrogens (tertiary/aromatic N) is 1. The minimum Gasteiger partial charge on any atom is -0.497 e. The van der Waals surface area contributed by atoms with Gasteiger partial charge in [-0.2, -0.15) is 0 Å². The summed E-state index contributed by atoms with van der Waals surface area (Å²) in [5.41, 5.74) is 3.38. The standard InChI is InChI=1S/C20H15NO2/c1-22-19-9-8-17-10-16(6-7-18(17)11-19)14-2-4-15(5-3-14)20-12-21-13-23-20/h2-13H,1H3. The van der Waals surface area contributed by atoms with Crippen molar-refractivity contribution in [2.75, 3.05) is 7.11 Å². The van der Waals surface area contributed by atoms with Crippen molar-refractivity contribution in [2.24, 2.45) is 0 Å². The molecule has 0 aliphatic heterocycles. The van der Waals surface area contributed by atoms with Crippen LogP contribution in [0.25, 0.3) is 33.2 Å². The highest BCUT2D eigenvalue weighted by Gasteiger charge is 2.04. The van der Waals surface area contributed by atoms with Gasteiger partial charge in [0.05, 0.1) is 13.3 Å². The third-order valence-corrected chi connectivity index (χ3v) is 3.98. The first-order valence-corrected chi connectivity index (χ1v) is 7.40. The van der Waals surface area contributed by atoms with Crippen molar-refractivity contribution in [3.63, 3.8) is 0 Å².